The minimum absolute atomic E-state index is 0.166. The van der Waals surface area contributed by atoms with E-state index in [0.717, 1.165) is 16.9 Å². The first-order valence-corrected chi connectivity index (χ1v) is 7.78. The van der Waals surface area contributed by atoms with Crippen molar-refractivity contribution in [1.82, 2.24) is 0 Å². The van der Waals surface area contributed by atoms with Gasteiger partial charge in [-0.2, -0.15) is 0 Å². The van der Waals surface area contributed by atoms with E-state index in [-0.39, 0.29) is 18.1 Å². The number of ether oxygens (including phenoxy) is 1. The first kappa shape index (κ1) is 16.7. The second kappa shape index (κ2) is 6.21. The summed E-state index contributed by atoms with van der Waals surface area (Å²) in [6, 6.07) is 0. The zero-order valence-corrected chi connectivity index (χ0v) is 14.1. The maximum atomic E-state index is 12.6. The Morgan fingerprint density at radius 1 is 1.50 bits per heavy atom. The van der Waals surface area contributed by atoms with E-state index in [1.165, 1.54) is 5.57 Å². The van der Waals surface area contributed by atoms with Crippen molar-refractivity contribution in [3.63, 3.8) is 0 Å². The highest BCUT2D eigenvalue weighted by molar-refractivity contribution is 6.07. The second-order valence-corrected chi connectivity index (χ2v) is 6.25. The summed E-state index contributed by atoms with van der Waals surface area (Å²) in [7, 11) is 1.65. The molecule has 2 rings (SSSR count). The Balaban J connectivity index is 2.60. The van der Waals surface area contributed by atoms with Gasteiger partial charge < -0.3 is 10.5 Å². The maximum Gasteiger partial charge on any atom is 0.232 e. The molecule has 0 fully saturated rings. The number of carbonyl (C=O) groups excluding carboxylic acids is 1. The van der Waals surface area contributed by atoms with E-state index in [9.17, 15) is 4.79 Å². The van der Waals surface area contributed by atoms with Crippen LogP contribution in [0.3, 0.4) is 0 Å². The van der Waals surface area contributed by atoms with Crippen LogP contribution in [0.25, 0.3) is 0 Å². The molecule has 120 valence electrons. The average molecular weight is 302 g/mol. The Labute approximate surface area is 132 Å². The molecular formula is C18H26N2O2. The summed E-state index contributed by atoms with van der Waals surface area (Å²) in [4.78, 5) is 17.1. The lowest BCUT2D eigenvalue weighted by Gasteiger charge is -2.42. The summed E-state index contributed by atoms with van der Waals surface area (Å²) < 4.78 is 5.31. The van der Waals surface area contributed by atoms with Gasteiger partial charge in [-0.05, 0) is 44.3 Å². The van der Waals surface area contributed by atoms with E-state index in [2.05, 4.69) is 31.0 Å². The molecule has 2 aliphatic rings. The van der Waals surface area contributed by atoms with Gasteiger partial charge in [0.15, 0.2) is 6.23 Å². The number of allylic oxidation sites excluding steroid dienone is 3. The molecule has 1 aliphatic carbocycles. The molecule has 0 bridgehead atoms. The van der Waals surface area contributed by atoms with Crippen molar-refractivity contribution in [2.45, 2.75) is 46.8 Å². The number of hydrogen-bond donors (Lipinski definition) is 1. The van der Waals surface area contributed by atoms with Gasteiger partial charge in [-0.15, -0.1) is 0 Å². The third kappa shape index (κ3) is 2.56. The quantitative estimate of drug-likeness (QED) is 0.814. The zero-order chi connectivity index (χ0) is 16.5. The minimum Gasteiger partial charge on any atom is -0.369 e. The van der Waals surface area contributed by atoms with Gasteiger partial charge in [-0.3, -0.25) is 9.79 Å². The van der Waals surface area contributed by atoms with Crippen molar-refractivity contribution in [3.05, 3.63) is 34.9 Å². The van der Waals surface area contributed by atoms with Crippen molar-refractivity contribution < 1.29 is 9.53 Å². The monoisotopic (exact) mass is 302 g/mol. The molecule has 0 saturated carbocycles. The summed E-state index contributed by atoms with van der Waals surface area (Å²) in [5, 5.41) is 0. The molecule has 4 heteroatoms. The minimum atomic E-state index is -0.778. The Hall–Kier alpha value is -1.68. The molecule has 0 radical (unpaired) electrons. The van der Waals surface area contributed by atoms with Gasteiger partial charge in [0.05, 0.1) is 0 Å². The van der Waals surface area contributed by atoms with Crippen molar-refractivity contribution in [1.29, 1.82) is 0 Å². The molecule has 0 spiro atoms. The van der Waals surface area contributed by atoms with Gasteiger partial charge in [0, 0.05) is 19.2 Å². The van der Waals surface area contributed by atoms with Gasteiger partial charge in [-0.1, -0.05) is 30.7 Å². The fraction of sp³-hybridized carbons (Fsp3) is 0.556. The van der Waals surface area contributed by atoms with E-state index in [4.69, 9.17) is 10.5 Å². The molecule has 0 aromatic carbocycles. The van der Waals surface area contributed by atoms with Gasteiger partial charge in [-0.25, -0.2) is 0 Å². The summed E-state index contributed by atoms with van der Waals surface area (Å²) in [5.41, 5.74) is 9.20. The number of primary amides is 1. The summed E-state index contributed by atoms with van der Waals surface area (Å²) in [6.45, 7) is 8.09. The number of rotatable bonds is 3. The smallest absolute Gasteiger partial charge is 0.232 e. The van der Waals surface area contributed by atoms with Gasteiger partial charge in [0.25, 0.3) is 0 Å². The lowest BCUT2D eigenvalue weighted by molar-refractivity contribution is -0.124. The number of aliphatic imine (C=N–C) groups is 1. The van der Waals surface area contributed by atoms with E-state index >= 15 is 0 Å². The Kier molecular flexibility index (Phi) is 4.71. The average Bonchev–Trinajstić information content (AvgIpc) is 2.45. The standard InChI is InChI=1S/C18H26N2O2/c1-6-14-12(3)9-11(2)10-18(14,17(19)21)15-7-8-16(22-5)20-13(15)4/h6-7,9,12,16H,8,10H2,1-5H3,(H2,19,21). The van der Waals surface area contributed by atoms with Crippen molar-refractivity contribution >= 4 is 11.6 Å². The van der Waals surface area contributed by atoms with Crippen LogP contribution in [0.1, 0.15) is 40.5 Å². The third-order valence-corrected chi connectivity index (χ3v) is 4.78. The van der Waals surface area contributed by atoms with Crippen molar-refractivity contribution in [3.8, 4) is 0 Å². The summed E-state index contributed by atoms with van der Waals surface area (Å²) in [5.74, 6) is -0.100. The maximum absolute atomic E-state index is 12.6. The van der Waals surface area contributed by atoms with Crippen LogP contribution in [0.2, 0.25) is 0 Å². The van der Waals surface area contributed by atoms with E-state index in [1.807, 2.05) is 19.9 Å². The number of carbonyl (C=O) groups is 1. The first-order valence-electron chi connectivity index (χ1n) is 7.78. The lowest BCUT2D eigenvalue weighted by atomic mass is 9.61. The molecule has 3 unspecified atom stereocenters. The molecule has 3 atom stereocenters. The molecule has 0 aromatic rings. The van der Waals surface area contributed by atoms with Gasteiger partial charge in [0.1, 0.15) is 5.41 Å². The SMILES string of the molecule is CC=C1C(C)C=C(C)CC1(C(N)=O)C1=CCC(OC)N=C1C. The zero-order valence-electron chi connectivity index (χ0n) is 14.1. The van der Waals surface area contributed by atoms with Gasteiger partial charge in [0.2, 0.25) is 5.91 Å². The Bertz CT molecular complexity index is 598. The predicted molar refractivity (Wildman–Crippen MR) is 89.5 cm³/mol. The van der Waals surface area contributed by atoms with Crippen molar-refractivity contribution in [2.75, 3.05) is 7.11 Å². The molecular weight excluding hydrogens is 276 g/mol. The van der Waals surface area contributed by atoms with Crippen LogP contribution in [0, 0.1) is 11.3 Å². The molecule has 1 amide bonds. The number of methoxy groups -OCH3 is 1. The van der Waals surface area contributed by atoms with Crippen LogP contribution in [-0.4, -0.2) is 25.0 Å². The number of hydrogen-bond acceptors (Lipinski definition) is 3. The van der Waals surface area contributed by atoms with Crippen LogP contribution in [0.5, 0.6) is 0 Å². The molecule has 1 aliphatic heterocycles. The molecule has 1 heterocycles. The molecule has 0 aromatic heterocycles. The van der Waals surface area contributed by atoms with Crippen LogP contribution in [0.4, 0.5) is 0 Å². The molecule has 0 saturated heterocycles. The molecule has 2 N–H and O–H groups in total. The van der Waals surface area contributed by atoms with Crippen LogP contribution >= 0.6 is 0 Å². The number of dihydropyridines is 1. The van der Waals surface area contributed by atoms with Gasteiger partial charge >= 0.3 is 0 Å². The van der Waals surface area contributed by atoms with Crippen LogP contribution in [-0.2, 0) is 9.53 Å². The lowest BCUT2D eigenvalue weighted by Crippen LogP contribution is -2.46. The highest BCUT2D eigenvalue weighted by Gasteiger charge is 2.48. The fourth-order valence-electron chi connectivity index (χ4n) is 3.94. The van der Waals surface area contributed by atoms with E-state index in [1.54, 1.807) is 7.11 Å². The largest absolute Gasteiger partial charge is 0.369 e. The first-order chi connectivity index (χ1) is 10.4. The van der Waals surface area contributed by atoms with Crippen LogP contribution < -0.4 is 5.73 Å². The highest BCUT2D eigenvalue weighted by Crippen LogP contribution is 2.49. The summed E-state index contributed by atoms with van der Waals surface area (Å²) in [6.07, 6.45) is 7.46. The normalized spacial score (nSPS) is 34.0. The topological polar surface area (TPSA) is 64.7 Å². The number of nitrogens with two attached hydrogens (primary N) is 1. The predicted octanol–water partition coefficient (Wildman–Crippen LogP) is 3.15. The Morgan fingerprint density at radius 3 is 2.68 bits per heavy atom. The highest BCUT2D eigenvalue weighted by atomic mass is 16.5. The Morgan fingerprint density at radius 2 is 2.18 bits per heavy atom. The van der Waals surface area contributed by atoms with E-state index in [0.29, 0.717) is 12.8 Å². The molecule has 4 nitrogen and oxygen atoms in total. The third-order valence-electron chi connectivity index (χ3n) is 4.78. The number of nitrogens with zero attached hydrogens (tertiary/aromatic N) is 1. The number of amides is 1. The molecule has 22 heavy (non-hydrogen) atoms. The van der Waals surface area contributed by atoms with Crippen LogP contribution in [0.15, 0.2) is 39.9 Å². The fourth-order valence-corrected chi connectivity index (χ4v) is 3.94. The summed E-state index contributed by atoms with van der Waals surface area (Å²) >= 11 is 0. The van der Waals surface area contributed by atoms with E-state index < -0.39 is 5.41 Å². The second-order valence-electron chi connectivity index (χ2n) is 6.25. The van der Waals surface area contributed by atoms with Crippen molar-refractivity contribution in [2.24, 2.45) is 22.1 Å².